The summed E-state index contributed by atoms with van der Waals surface area (Å²) >= 11 is 0. The summed E-state index contributed by atoms with van der Waals surface area (Å²) in [7, 11) is 0. The molecule has 1 amide bonds. The van der Waals surface area contributed by atoms with E-state index < -0.39 is 24.0 Å². The number of ether oxygens (including phenoxy) is 2. The summed E-state index contributed by atoms with van der Waals surface area (Å²) in [6, 6.07) is 7.68. The summed E-state index contributed by atoms with van der Waals surface area (Å²) in [6.07, 6.45) is 3.10. The van der Waals surface area contributed by atoms with Crippen LogP contribution in [0.4, 0.5) is 0 Å². The number of aryl methyl sites for hydroxylation is 2. The summed E-state index contributed by atoms with van der Waals surface area (Å²) in [6.45, 7) is 3.28. The minimum atomic E-state index is -0.806. The average Bonchev–Trinajstić information content (AvgIpc) is 3.03. The van der Waals surface area contributed by atoms with Crippen LogP contribution in [0.25, 0.3) is 0 Å². The van der Waals surface area contributed by atoms with Crippen LogP contribution in [-0.4, -0.2) is 30.6 Å². The number of carbonyl (C=O) groups excluding carboxylic acids is 2. The van der Waals surface area contributed by atoms with E-state index >= 15 is 0 Å². The first-order valence-corrected chi connectivity index (χ1v) is 8.02. The van der Waals surface area contributed by atoms with Crippen molar-refractivity contribution in [3.05, 3.63) is 29.3 Å². The number of nitrogens with zero attached hydrogens (tertiary/aromatic N) is 1. The third-order valence-electron chi connectivity index (χ3n) is 4.25. The minimum Gasteiger partial charge on any atom is -0.482 e. The highest BCUT2D eigenvalue weighted by atomic mass is 16.6. The molecule has 0 spiro atoms. The molecule has 1 aliphatic rings. The fraction of sp³-hybridized carbons (Fsp3) is 0.500. The van der Waals surface area contributed by atoms with E-state index in [0.29, 0.717) is 18.6 Å². The molecule has 24 heavy (non-hydrogen) atoms. The predicted molar refractivity (Wildman–Crippen MR) is 87.3 cm³/mol. The lowest BCUT2D eigenvalue weighted by Crippen LogP contribution is -2.46. The van der Waals surface area contributed by atoms with E-state index in [0.717, 1.165) is 24.0 Å². The third kappa shape index (κ3) is 4.72. The normalized spacial score (nSPS) is 15.4. The molecular weight excluding hydrogens is 308 g/mol. The van der Waals surface area contributed by atoms with Crippen LogP contribution in [0.1, 0.15) is 36.8 Å². The molecule has 1 aliphatic carbocycles. The van der Waals surface area contributed by atoms with Crippen molar-refractivity contribution < 1.29 is 19.1 Å². The van der Waals surface area contributed by atoms with Gasteiger partial charge in [-0.3, -0.25) is 4.79 Å². The first-order chi connectivity index (χ1) is 11.4. The summed E-state index contributed by atoms with van der Waals surface area (Å²) < 4.78 is 10.2. The molecule has 0 aliphatic heterocycles. The number of benzene rings is 1. The van der Waals surface area contributed by atoms with Crippen LogP contribution in [0.3, 0.4) is 0 Å². The van der Waals surface area contributed by atoms with Crippen LogP contribution in [-0.2, 0) is 14.3 Å². The Hall–Kier alpha value is -2.55. The van der Waals surface area contributed by atoms with Gasteiger partial charge in [0.25, 0.3) is 5.91 Å². The monoisotopic (exact) mass is 330 g/mol. The molecule has 1 fully saturated rings. The Balaban J connectivity index is 1.73. The molecule has 2 rings (SSSR count). The molecule has 1 aromatic carbocycles. The van der Waals surface area contributed by atoms with E-state index in [2.05, 4.69) is 11.4 Å². The second kappa shape index (κ2) is 7.82. The van der Waals surface area contributed by atoms with Crippen LogP contribution < -0.4 is 10.1 Å². The molecule has 0 radical (unpaired) electrons. The van der Waals surface area contributed by atoms with Crippen molar-refractivity contribution in [2.45, 2.75) is 45.1 Å². The summed E-state index contributed by atoms with van der Waals surface area (Å²) in [5.41, 5.74) is 1.40. The number of nitriles is 1. The Kier molecular flexibility index (Phi) is 5.80. The van der Waals surface area contributed by atoms with Gasteiger partial charge in [-0.1, -0.05) is 6.07 Å². The van der Waals surface area contributed by atoms with Crippen LogP contribution in [0.2, 0.25) is 0 Å². The van der Waals surface area contributed by atoms with Crippen LogP contribution in [0.15, 0.2) is 18.2 Å². The predicted octanol–water partition coefficient (Wildman–Crippen LogP) is 2.18. The van der Waals surface area contributed by atoms with Crippen molar-refractivity contribution >= 4 is 11.9 Å². The van der Waals surface area contributed by atoms with Gasteiger partial charge in [-0.05, 0) is 62.8 Å². The Labute approximate surface area is 141 Å². The van der Waals surface area contributed by atoms with Gasteiger partial charge >= 0.3 is 5.97 Å². The molecule has 1 aromatic rings. The first kappa shape index (κ1) is 17.8. The molecule has 1 saturated carbocycles. The zero-order valence-electron chi connectivity index (χ0n) is 14.1. The number of rotatable bonds is 6. The van der Waals surface area contributed by atoms with E-state index in [9.17, 15) is 14.9 Å². The molecule has 0 bridgehead atoms. The molecule has 0 saturated heterocycles. The second-order valence-corrected chi connectivity index (χ2v) is 6.14. The molecule has 6 heteroatoms. The van der Waals surface area contributed by atoms with Crippen LogP contribution in [0.5, 0.6) is 5.75 Å². The largest absolute Gasteiger partial charge is 0.482 e. The first-order valence-electron chi connectivity index (χ1n) is 8.02. The van der Waals surface area contributed by atoms with Gasteiger partial charge in [0, 0.05) is 0 Å². The number of nitrogens with one attached hydrogen (secondary N) is 1. The molecule has 128 valence electrons. The van der Waals surface area contributed by atoms with Gasteiger partial charge in [0.15, 0.2) is 13.2 Å². The Morgan fingerprint density at radius 1 is 1.21 bits per heavy atom. The van der Waals surface area contributed by atoms with Crippen molar-refractivity contribution in [3.8, 4) is 11.8 Å². The van der Waals surface area contributed by atoms with Gasteiger partial charge < -0.3 is 14.8 Å². The molecular formula is C18H22N2O4. The van der Waals surface area contributed by atoms with E-state index in [1.165, 1.54) is 0 Å². The fourth-order valence-corrected chi connectivity index (χ4v) is 2.68. The molecule has 0 atom stereocenters. The maximum absolute atomic E-state index is 11.8. The van der Waals surface area contributed by atoms with Crippen molar-refractivity contribution in [2.24, 2.45) is 0 Å². The maximum atomic E-state index is 11.8. The summed E-state index contributed by atoms with van der Waals surface area (Å²) in [4.78, 5) is 23.5. The molecule has 0 unspecified atom stereocenters. The number of esters is 1. The molecule has 0 heterocycles. The van der Waals surface area contributed by atoms with Crippen LogP contribution >= 0.6 is 0 Å². The Bertz CT molecular complexity index is 657. The van der Waals surface area contributed by atoms with Crippen molar-refractivity contribution in [1.82, 2.24) is 5.32 Å². The van der Waals surface area contributed by atoms with Gasteiger partial charge in [-0.25, -0.2) is 4.79 Å². The van der Waals surface area contributed by atoms with E-state index in [4.69, 9.17) is 9.47 Å². The third-order valence-corrected chi connectivity index (χ3v) is 4.25. The SMILES string of the molecule is Cc1ccc(OCC(=O)OCC(=O)NC2(C#N)CCCC2)cc1C. The van der Waals surface area contributed by atoms with E-state index in [1.54, 1.807) is 6.07 Å². The van der Waals surface area contributed by atoms with Gasteiger partial charge in [-0.15, -0.1) is 0 Å². The Morgan fingerprint density at radius 2 is 1.92 bits per heavy atom. The number of hydrogen-bond donors (Lipinski definition) is 1. The van der Waals surface area contributed by atoms with Gasteiger partial charge in [0.2, 0.25) is 0 Å². The molecule has 0 aromatic heterocycles. The Morgan fingerprint density at radius 3 is 2.54 bits per heavy atom. The molecule has 6 nitrogen and oxygen atoms in total. The standard InChI is InChI=1S/C18H22N2O4/c1-13-5-6-15(9-14(13)2)23-11-17(22)24-10-16(21)20-18(12-19)7-3-4-8-18/h5-6,9H,3-4,7-8,10-11H2,1-2H3,(H,20,21). The lowest BCUT2D eigenvalue weighted by molar-refractivity contribution is -0.150. The minimum absolute atomic E-state index is 0.265. The van der Waals surface area contributed by atoms with E-state index in [1.807, 2.05) is 26.0 Å². The van der Waals surface area contributed by atoms with Crippen molar-refractivity contribution in [2.75, 3.05) is 13.2 Å². The molecule has 1 N–H and O–H groups in total. The number of hydrogen-bond acceptors (Lipinski definition) is 5. The second-order valence-electron chi connectivity index (χ2n) is 6.14. The fourth-order valence-electron chi connectivity index (χ4n) is 2.68. The maximum Gasteiger partial charge on any atom is 0.344 e. The summed E-state index contributed by atoms with van der Waals surface area (Å²) in [5, 5.41) is 11.9. The average molecular weight is 330 g/mol. The highest BCUT2D eigenvalue weighted by Gasteiger charge is 2.35. The smallest absolute Gasteiger partial charge is 0.344 e. The zero-order chi connectivity index (χ0) is 17.6. The lowest BCUT2D eigenvalue weighted by Gasteiger charge is -2.21. The topological polar surface area (TPSA) is 88.4 Å². The number of amides is 1. The highest BCUT2D eigenvalue weighted by molar-refractivity contribution is 5.81. The highest BCUT2D eigenvalue weighted by Crippen LogP contribution is 2.28. The van der Waals surface area contributed by atoms with Gasteiger partial charge in [0.1, 0.15) is 11.3 Å². The summed E-state index contributed by atoms with van der Waals surface area (Å²) in [5.74, 6) is -0.507. The van der Waals surface area contributed by atoms with Gasteiger partial charge in [0.05, 0.1) is 6.07 Å². The van der Waals surface area contributed by atoms with E-state index in [-0.39, 0.29) is 6.61 Å². The van der Waals surface area contributed by atoms with Crippen molar-refractivity contribution in [3.63, 3.8) is 0 Å². The zero-order valence-corrected chi connectivity index (χ0v) is 14.1. The lowest BCUT2D eigenvalue weighted by atomic mass is 10.00. The van der Waals surface area contributed by atoms with Gasteiger partial charge in [-0.2, -0.15) is 5.26 Å². The van der Waals surface area contributed by atoms with Crippen LogP contribution in [0, 0.1) is 25.2 Å². The van der Waals surface area contributed by atoms with Crippen molar-refractivity contribution in [1.29, 1.82) is 5.26 Å². The number of carbonyl (C=O) groups is 2. The quantitative estimate of drug-likeness (QED) is 0.808.